The van der Waals surface area contributed by atoms with Gasteiger partial charge in [-0.3, -0.25) is 19.2 Å². The smallest absolute Gasteiger partial charge is 0.245 e. The zero-order chi connectivity index (χ0) is 28.2. The van der Waals surface area contributed by atoms with Gasteiger partial charge in [-0.1, -0.05) is 36.4 Å². The fraction of sp³-hybridized carbons (Fsp3) is 0.333. The minimum atomic E-state index is -0.715. The molecule has 4 amide bonds. The highest BCUT2D eigenvalue weighted by Crippen LogP contribution is 2.21. The Morgan fingerprint density at radius 1 is 0.675 bits per heavy atom. The summed E-state index contributed by atoms with van der Waals surface area (Å²) in [5.41, 5.74) is 3.85. The van der Waals surface area contributed by atoms with E-state index in [4.69, 9.17) is 0 Å². The van der Waals surface area contributed by atoms with E-state index < -0.39 is 12.1 Å². The van der Waals surface area contributed by atoms with Crippen molar-refractivity contribution in [2.75, 3.05) is 26.2 Å². The Labute approximate surface area is 232 Å². The molecule has 5 rings (SSSR count). The number of hydrogen-bond donors (Lipinski definition) is 4. The molecule has 4 N–H and O–H groups in total. The lowest BCUT2D eigenvalue weighted by atomic mass is 10.0. The standard InChI is InChI=1S/C30H34N6O4/c1-19(37)33-27(15-21-17-31-25-9-5-3-7-23(21)25)29(39)35-11-13-36(14-12-35)30(40)28(34-20(2)38)16-22-18-32-26-10-6-4-8-24(22)26/h3-10,17-18,27-28,31-32H,11-16H2,1-2H3,(H,33,37)(H,34,38)/t27-,28+. The molecule has 2 aromatic carbocycles. The summed E-state index contributed by atoms with van der Waals surface area (Å²) in [6.07, 6.45) is 4.46. The Balaban J connectivity index is 1.25. The van der Waals surface area contributed by atoms with E-state index in [0.29, 0.717) is 39.0 Å². The number of carbonyl (C=O) groups excluding carboxylic acids is 4. The van der Waals surface area contributed by atoms with Crippen molar-refractivity contribution in [3.05, 3.63) is 72.1 Å². The maximum absolute atomic E-state index is 13.5. The van der Waals surface area contributed by atoms with Crippen molar-refractivity contribution < 1.29 is 19.2 Å². The molecule has 2 atom stereocenters. The molecule has 2 aromatic heterocycles. The lowest BCUT2D eigenvalue weighted by Crippen LogP contribution is -2.58. The Morgan fingerprint density at radius 3 is 1.43 bits per heavy atom. The van der Waals surface area contributed by atoms with E-state index in [1.165, 1.54) is 13.8 Å². The second-order valence-electron chi connectivity index (χ2n) is 10.3. The van der Waals surface area contributed by atoms with E-state index in [9.17, 15) is 19.2 Å². The first-order chi connectivity index (χ1) is 19.3. The third-order valence-electron chi connectivity index (χ3n) is 7.45. The monoisotopic (exact) mass is 542 g/mol. The van der Waals surface area contributed by atoms with Crippen LogP contribution < -0.4 is 10.6 Å². The van der Waals surface area contributed by atoms with Crippen LogP contribution >= 0.6 is 0 Å². The van der Waals surface area contributed by atoms with Gasteiger partial charge in [0.15, 0.2) is 0 Å². The zero-order valence-electron chi connectivity index (χ0n) is 22.7. The van der Waals surface area contributed by atoms with E-state index in [0.717, 1.165) is 32.9 Å². The van der Waals surface area contributed by atoms with Crippen LogP contribution in [0.3, 0.4) is 0 Å². The van der Waals surface area contributed by atoms with Crippen LogP contribution in [0.2, 0.25) is 0 Å². The summed E-state index contributed by atoms with van der Waals surface area (Å²) in [4.78, 5) is 60.8. The molecule has 0 radical (unpaired) electrons. The van der Waals surface area contributed by atoms with Gasteiger partial charge in [0.2, 0.25) is 23.6 Å². The van der Waals surface area contributed by atoms with Crippen LogP contribution in [-0.4, -0.2) is 81.7 Å². The highest BCUT2D eigenvalue weighted by Gasteiger charge is 2.33. The molecule has 1 aliphatic rings. The van der Waals surface area contributed by atoms with Gasteiger partial charge < -0.3 is 30.4 Å². The number of carbonyl (C=O) groups is 4. The van der Waals surface area contributed by atoms with Crippen molar-refractivity contribution in [1.82, 2.24) is 30.4 Å². The number of para-hydroxylation sites is 2. The van der Waals surface area contributed by atoms with Crippen molar-refractivity contribution in [3.63, 3.8) is 0 Å². The number of aromatic nitrogens is 2. The molecule has 10 nitrogen and oxygen atoms in total. The molecular weight excluding hydrogens is 508 g/mol. The predicted molar refractivity (Wildman–Crippen MR) is 152 cm³/mol. The van der Waals surface area contributed by atoms with E-state index in [1.54, 1.807) is 9.80 Å². The van der Waals surface area contributed by atoms with Gasteiger partial charge in [0.05, 0.1) is 0 Å². The normalized spacial score (nSPS) is 15.2. The third-order valence-corrected chi connectivity index (χ3v) is 7.45. The molecule has 0 saturated carbocycles. The minimum absolute atomic E-state index is 0.176. The number of benzene rings is 2. The number of H-pyrrole nitrogens is 2. The van der Waals surface area contributed by atoms with Gasteiger partial charge in [-0.15, -0.1) is 0 Å². The number of aromatic amines is 2. The molecule has 1 aliphatic heterocycles. The number of nitrogens with zero attached hydrogens (tertiary/aromatic N) is 2. The van der Waals surface area contributed by atoms with E-state index in [-0.39, 0.29) is 23.6 Å². The molecule has 208 valence electrons. The summed E-state index contributed by atoms with van der Waals surface area (Å²) in [5, 5.41) is 7.66. The topological polar surface area (TPSA) is 130 Å². The third kappa shape index (κ3) is 5.85. The van der Waals surface area contributed by atoms with Gasteiger partial charge in [-0.05, 0) is 23.3 Å². The van der Waals surface area contributed by atoms with Crippen molar-refractivity contribution in [2.24, 2.45) is 0 Å². The molecule has 40 heavy (non-hydrogen) atoms. The summed E-state index contributed by atoms with van der Waals surface area (Å²) in [5.74, 6) is -0.903. The lowest BCUT2D eigenvalue weighted by molar-refractivity contribution is -0.143. The number of amides is 4. The summed E-state index contributed by atoms with van der Waals surface area (Å²) in [7, 11) is 0. The second-order valence-corrected chi connectivity index (χ2v) is 10.3. The largest absolute Gasteiger partial charge is 0.361 e. The average molecular weight is 543 g/mol. The Bertz CT molecular complexity index is 1430. The average Bonchev–Trinajstić information content (AvgIpc) is 3.55. The van der Waals surface area contributed by atoms with Crippen LogP contribution in [0.15, 0.2) is 60.9 Å². The SMILES string of the molecule is CC(=O)N[C@@H](Cc1c[nH]c2ccccc12)C(=O)N1CCN(C(=O)[C@@H](Cc2c[nH]c3ccccc23)NC(C)=O)CC1. The van der Waals surface area contributed by atoms with Crippen LogP contribution in [0.5, 0.6) is 0 Å². The summed E-state index contributed by atoms with van der Waals surface area (Å²) < 4.78 is 0. The minimum Gasteiger partial charge on any atom is -0.361 e. The van der Waals surface area contributed by atoms with Crippen molar-refractivity contribution >= 4 is 45.4 Å². The lowest BCUT2D eigenvalue weighted by Gasteiger charge is -2.38. The fourth-order valence-corrected chi connectivity index (χ4v) is 5.52. The van der Waals surface area contributed by atoms with Crippen LogP contribution in [0.25, 0.3) is 21.8 Å². The van der Waals surface area contributed by atoms with Crippen LogP contribution in [0.1, 0.15) is 25.0 Å². The Morgan fingerprint density at radius 2 is 1.05 bits per heavy atom. The van der Waals surface area contributed by atoms with E-state index in [1.807, 2.05) is 60.9 Å². The maximum atomic E-state index is 13.5. The summed E-state index contributed by atoms with van der Waals surface area (Å²) in [6.45, 7) is 4.18. The van der Waals surface area contributed by atoms with E-state index in [2.05, 4.69) is 20.6 Å². The van der Waals surface area contributed by atoms with Crippen molar-refractivity contribution in [3.8, 4) is 0 Å². The predicted octanol–water partition coefficient (Wildman–Crippen LogP) is 2.11. The van der Waals surface area contributed by atoms with Gasteiger partial charge in [0.1, 0.15) is 12.1 Å². The van der Waals surface area contributed by atoms with Gasteiger partial charge in [0.25, 0.3) is 0 Å². The first kappa shape index (κ1) is 27.0. The summed E-state index contributed by atoms with van der Waals surface area (Å²) >= 11 is 0. The van der Waals surface area contributed by atoms with Crippen LogP contribution in [0, 0.1) is 0 Å². The number of piperazine rings is 1. The maximum Gasteiger partial charge on any atom is 0.245 e. The highest BCUT2D eigenvalue weighted by atomic mass is 16.2. The molecular formula is C30H34N6O4. The van der Waals surface area contributed by atoms with Gasteiger partial charge in [-0.25, -0.2) is 0 Å². The van der Waals surface area contributed by atoms with Crippen molar-refractivity contribution in [2.45, 2.75) is 38.8 Å². The second kappa shape index (κ2) is 11.6. The molecule has 10 heteroatoms. The molecule has 3 heterocycles. The molecule has 4 aromatic rings. The number of hydrogen-bond acceptors (Lipinski definition) is 4. The molecule has 0 aliphatic carbocycles. The first-order valence-corrected chi connectivity index (χ1v) is 13.5. The van der Waals surface area contributed by atoms with Crippen LogP contribution in [-0.2, 0) is 32.0 Å². The highest BCUT2D eigenvalue weighted by molar-refractivity contribution is 5.91. The summed E-state index contributed by atoms with van der Waals surface area (Å²) in [6, 6.07) is 14.3. The molecule has 1 saturated heterocycles. The number of fused-ring (bicyclic) bond motifs is 2. The number of nitrogens with one attached hydrogen (secondary N) is 4. The molecule has 0 spiro atoms. The van der Waals surface area contributed by atoms with Crippen LogP contribution in [0.4, 0.5) is 0 Å². The molecule has 0 bridgehead atoms. The fourth-order valence-electron chi connectivity index (χ4n) is 5.52. The zero-order valence-corrected chi connectivity index (χ0v) is 22.7. The Hall–Kier alpha value is -4.60. The van der Waals surface area contributed by atoms with E-state index >= 15 is 0 Å². The van der Waals surface area contributed by atoms with Crippen molar-refractivity contribution in [1.29, 1.82) is 0 Å². The Kier molecular flexibility index (Phi) is 7.86. The van der Waals surface area contributed by atoms with Gasteiger partial charge in [0, 0.05) is 87.1 Å². The number of rotatable bonds is 8. The van der Waals surface area contributed by atoms with Gasteiger partial charge >= 0.3 is 0 Å². The molecule has 0 unspecified atom stereocenters. The molecule has 1 fully saturated rings. The van der Waals surface area contributed by atoms with Gasteiger partial charge in [-0.2, -0.15) is 0 Å². The quantitative estimate of drug-likeness (QED) is 0.272. The first-order valence-electron chi connectivity index (χ1n) is 13.5.